The lowest BCUT2D eigenvalue weighted by molar-refractivity contribution is 0.427. The second kappa shape index (κ2) is 4.06. The Kier molecular flexibility index (Phi) is 2.35. The summed E-state index contributed by atoms with van der Waals surface area (Å²) in [5.74, 6) is 4.28. The highest BCUT2D eigenvalue weighted by Crippen LogP contribution is 2.71. The zero-order chi connectivity index (χ0) is 14.1. The van der Waals surface area contributed by atoms with Gasteiger partial charge in [-0.15, -0.1) is 5.10 Å². The monoisotopic (exact) mass is 345 g/mol. The van der Waals surface area contributed by atoms with Crippen molar-refractivity contribution in [3.05, 3.63) is 22.7 Å². The summed E-state index contributed by atoms with van der Waals surface area (Å²) < 4.78 is 2.94. The second-order valence-corrected chi connectivity index (χ2v) is 7.43. The molecule has 108 valence electrons. The minimum atomic E-state index is 0.509. The van der Waals surface area contributed by atoms with Crippen molar-refractivity contribution in [1.29, 1.82) is 0 Å². The number of anilines is 1. The van der Waals surface area contributed by atoms with E-state index in [0.29, 0.717) is 6.04 Å². The second-order valence-electron chi connectivity index (χ2n) is 6.63. The van der Waals surface area contributed by atoms with Gasteiger partial charge < -0.3 is 5.73 Å². The maximum atomic E-state index is 5.99. The van der Waals surface area contributed by atoms with E-state index in [-0.39, 0.29) is 0 Å². The van der Waals surface area contributed by atoms with E-state index >= 15 is 0 Å². The predicted molar refractivity (Wildman–Crippen MR) is 82.2 cm³/mol. The van der Waals surface area contributed by atoms with E-state index < -0.39 is 0 Å². The van der Waals surface area contributed by atoms with Crippen molar-refractivity contribution >= 4 is 21.6 Å². The molecule has 2 aromatic rings. The normalized spacial score (nSPS) is 36.0. The summed E-state index contributed by atoms with van der Waals surface area (Å²) in [5.41, 5.74) is 7.69. The lowest BCUT2D eigenvalue weighted by Crippen LogP contribution is -2.08. The first-order valence-corrected chi connectivity index (χ1v) is 8.37. The summed E-state index contributed by atoms with van der Waals surface area (Å²) in [5, 5.41) is 12.5. The summed E-state index contributed by atoms with van der Waals surface area (Å²) in [6.45, 7) is 0. The van der Waals surface area contributed by atoms with Gasteiger partial charge in [0, 0.05) is 11.3 Å². The van der Waals surface area contributed by atoms with Crippen LogP contribution in [0.5, 0.6) is 0 Å². The molecule has 2 bridgehead atoms. The summed E-state index contributed by atoms with van der Waals surface area (Å²) >= 11 is 3.57. The standard InChI is InChI=1S/C15H16BrN5/c16-13-9(2-1-3-10(13)17)15-18-19-20-21(15)14-11-7-4-5-8(6-7)12(11)14/h1-3,7-8,11-12,14H,4-6,17H2. The maximum Gasteiger partial charge on any atom is 0.183 e. The molecule has 0 aliphatic heterocycles. The average molecular weight is 346 g/mol. The van der Waals surface area contributed by atoms with Crippen LogP contribution in [0.25, 0.3) is 11.4 Å². The number of fused-ring (bicyclic) bond motifs is 5. The van der Waals surface area contributed by atoms with Gasteiger partial charge in [-0.3, -0.25) is 0 Å². The number of aromatic nitrogens is 4. The molecule has 21 heavy (non-hydrogen) atoms. The fraction of sp³-hybridized carbons (Fsp3) is 0.533. The molecule has 5 nitrogen and oxygen atoms in total. The van der Waals surface area contributed by atoms with Crippen LogP contribution in [0.3, 0.4) is 0 Å². The van der Waals surface area contributed by atoms with Gasteiger partial charge in [-0.1, -0.05) is 6.07 Å². The molecule has 0 spiro atoms. The first kappa shape index (κ1) is 12.1. The fourth-order valence-electron chi connectivity index (χ4n) is 4.90. The highest BCUT2D eigenvalue weighted by Gasteiger charge is 2.66. The van der Waals surface area contributed by atoms with Gasteiger partial charge in [-0.25, -0.2) is 4.68 Å². The number of nitrogens with zero attached hydrogens (tertiary/aromatic N) is 4. The van der Waals surface area contributed by atoms with Crippen molar-refractivity contribution in [2.45, 2.75) is 25.3 Å². The number of rotatable bonds is 2. The summed E-state index contributed by atoms with van der Waals surface area (Å²) in [7, 11) is 0. The molecule has 6 heteroatoms. The van der Waals surface area contributed by atoms with Crippen LogP contribution in [-0.4, -0.2) is 20.2 Å². The van der Waals surface area contributed by atoms with E-state index in [0.717, 1.165) is 45.2 Å². The van der Waals surface area contributed by atoms with Gasteiger partial charge in [-0.05, 0) is 81.4 Å². The fourth-order valence-corrected chi connectivity index (χ4v) is 5.34. The Balaban J connectivity index is 1.56. The Bertz CT molecular complexity index is 711. The minimum absolute atomic E-state index is 0.509. The quantitative estimate of drug-likeness (QED) is 0.849. The largest absolute Gasteiger partial charge is 0.398 e. The van der Waals surface area contributed by atoms with Gasteiger partial charge in [0.1, 0.15) is 0 Å². The summed E-state index contributed by atoms with van der Waals surface area (Å²) in [6.07, 6.45) is 4.24. The molecule has 0 radical (unpaired) electrons. The first-order chi connectivity index (χ1) is 10.3. The Hall–Kier alpha value is -1.43. The van der Waals surface area contributed by atoms with E-state index in [1.807, 2.05) is 18.2 Å². The summed E-state index contributed by atoms with van der Waals surface area (Å²) in [6, 6.07) is 6.37. The third-order valence-electron chi connectivity index (χ3n) is 5.74. The number of benzene rings is 1. The molecular formula is C15H16BrN5. The van der Waals surface area contributed by atoms with Gasteiger partial charge in [-0.2, -0.15) is 0 Å². The molecule has 4 atom stereocenters. The molecule has 2 N–H and O–H groups in total. The molecule has 1 heterocycles. The molecular weight excluding hydrogens is 330 g/mol. The lowest BCUT2D eigenvalue weighted by Gasteiger charge is -2.11. The molecule has 3 saturated carbocycles. The Morgan fingerprint density at radius 2 is 1.95 bits per heavy atom. The van der Waals surface area contributed by atoms with Crippen LogP contribution in [0.1, 0.15) is 25.3 Å². The number of nitrogens with two attached hydrogens (primary N) is 1. The van der Waals surface area contributed by atoms with E-state index in [4.69, 9.17) is 5.73 Å². The smallest absolute Gasteiger partial charge is 0.183 e. The highest BCUT2D eigenvalue weighted by atomic mass is 79.9. The molecule has 3 aliphatic rings. The van der Waals surface area contributed by atoms with Gasteiger partial charge in [0.15, 0.2) is 5.82 Å². The van der Waals surface area contributed by atoms with E-state index in [1.54, 1.807) is 0 Å². The average Bonchev–Trinajstić information content (AvgIpc) is 2.90. The lowest BCUT2D eigenvalue weighted by atomic mass is 10.0. The van der Waals surface area contributed by atoms with Gasteiger partial charge in [0.25, 0.3) is 0 Å². The number of halogens is 1. The van der Waals surface area contributed by atoms with Crippen LogP contribution in [0.15, 0.2) is 22.7 Å². The minimum Gasteiger partial charge on any atom is -0.398 e. The Morgan fingerprint density at radius 1 is 1.19 bits per heavy atom. The molecule has 0 amide bonds. The summed E-state index contributed by atoms with van der Waals surface area (Å²) in [4.78, 5) is 0. The van der Waals surface area contributed by atoms with Crippen LogP contribution in [0.2, 0.25) is 0 Å². The van der Waals surface area contributed by atoms with Crippen molar-refractivity contribution in [3.8, 4) is 11.4 Å². The Morgan fingerprint density at radius 3 is 2.71 bits per heavy atom. The van der Waals surface area contributed by atoms with Crippen LogP contribution >= 0.6 is 15.9 Å². The van der Waals surface area contributed by atoms with E-state index in [1.165, 1.54) is 19.3 Å². The molecule has 1 aromatic heterocycles. The van der Waals surface area contributed by atoms with Gasteiger partial charge >= 0.3 is 0 Å². The molecule has 5 rings (SSSR count). The number of tetrazole rings is 1. The number of hydrogen-bond donors (Lipinski definition) is 1. The molecule has 3 fully saturated rings. The third-order valence-corrected chi connectivity index (χ3v) is 6.62. The highest BCUT2D eigenvalue weighted by molar-refractivity contribution is 9.10. The third kappa shape index (κ3) is 1.54. The zero-order valence-electron chi connectivity index (χ0n) is 11.5. The van der Waals surface area contributed by atoms with Crippen molar-refractivity contribution in [2.24, 2.45) is 23.7 Å². The van der Waals surface area contributed by atoms with Gasteiger partial charge in [0.2, 0.25) is 0 Å². The predicted octanol–water partition coefficient (Wildman–Crippen LogP) is 2.90. The van der Waals surface area contributed by atoms with Crippen LogP contribution in [0, 0.1) is 23.7 Å². The topological polar surface area (TPSA) is 69.6 Å². The number of hydrogen-bond acceptors (Lipinski definition) is 4. The van der Waals surface area contributed by atoms with Crippen molar-refractivity contribution < 1.29 is 0 Å². The SMILES string of the molecule is Nc1cccc(-c2nnnn2C2C3C4CCC(C4)C32)c1Br. The van der Waals surface area contributed by atoms with Gasteiger partial charge in [0.05, 0.1) is 10.5 Å². The zero-order valence-corrected chi connectivity index (χ0v) is 13.1. The first-order valence-electron chi connectivity index (χ1n) is 7.58. The van der Waals surface area contributed by atoms with Crippen LogP contribution in [-0.2, 0) is 0 Å². The van der Waals surface area contributed by atoms with Crippen molar-refractivity contribution in [2.75, 3.05) is 5.73 Å². The van der Waals surface area contributed by atoms with Crippen LogP contribution in [0.4, 0.5) is 5.69 Å². The number of nitrogen functional groups attached to an aromatic ring is 1. The molecule has 0 saturated heterocycles. The van der Waals surface area contributed by atoms with E-state index in [2.05, 4.69) is 36.1 Å². The van der Waals surface area contributed by atoms with Crippen LogP contribution < -0.4 is 5.73 Å². The van der Waals surface area contributed by atoms with Crippen molar-refractivity contribution in [3.63, 3.8) is 0 Å². The van der Waals surface area contributed by atoms with E-state index in [9.17, 15) is 0 Å². The Labute approximate surface area is 131 Å². The van der Waals surface area contributed by atoms with Crippen molar-refractivity contribution in [1.82, 2.24) is 20.2 Å². The maximum absolute atomic E-state index is 5.99. The molecule has 1 aromatic carbocycles. The molecule has 4 unspecified atom stereocenters. The molecule has 3 aliphatic carbocycles.